The molecule has 1 saturated heterocycles. The maximum Gasteiger partial charge on any atom is 0.417 e. The molecule has 10 heteroatoms. The fraction of sp³-hybridized carbons (Fsp3) is 0.462. The molecule has 1 aromatic rings. The number of rotatable bonds is 3. The first-order valence-electron chi connectivity index (χ1n) is 6.66. The van der Waals surface area contributed by atoms with Crippen LogP contribution in [0.4, 0.5) is 13.2 Å². The van der Waals surface area contributed by atoms with Crippen LogP contribution in [0.3, 0.4) is 0 Å². The Labute approximate surface area is 135 Å². The standard InChI is InChI=1S/C13H13ClF3NO4S/c14-8-4-5-11(9(7-8)13(15,16)17)23(21,22)18-6-2-1-3-10(18)12(19)20/h4-5,7,10H,1-3,6H2,(H,19,20). The van der Waals surface area contributed by atoms with E-state index in [9.17, 15) is 26.4 Å². The van der Waals surface area contributed by atoms with Gasteiger partial charge in [0.05, 0.1) is 10.5 Å². The summed E-state index contributed by atoms with van der Waals surface area (Å²) in [5.74, 6) is -1.38. The number of hydrogen-bond acceptors (Lipinski definition) is 3. The third-order valence-electron chi connectivity index (χ3n) is 3.57. The molecule has 5 nitrogen and oxygen atoms in total. The van der Waals surface area contributed by atoms with Crippen molar-refractivity contribution >= 4 is 27.6 Å². The summed E-state index contributed by atoms with van der Waals surface area (Å²) in [5.41, 5.74) is -1.40. The Balaban J connectivity index is 2.57. The second-order valence-electron chi connectivity index (χ2n) is 5.10. The predicted octanol–water partition coefficient (Wildman–Crippen LogP) is 2.99. The molecule has 0 saturated carbocycles. The first kappa shape index (κ1) is 18.0. The molecule has 1 aromatic carbocycles. The molecule has 1 heterocycles. The monoisotopic (exact) mass is 371 g/mol. The number of carboxylic acid groups (broad SMARTS) is 1. The molecule has 1 atom stereocenters. The Hall–Kier alpha value is -1.32. The van der Waals surface area contributed by atoms with Gasteiger partial charge in [-0.1, -0.05) is 11.6 Å². The van der Waals surface area contributed by atoms with Gasteiger partial charge in [0.25, 0.3) is 0 Å². The SMILES string of the molecule is O=C(O)C1CCCCN1S(=O)(=O)c1ccc(Cl)cc1C(F)(F)F. The molecule has 1 aliphatic heterocycles. The molecule has 1 aliphatic rings. The second-order valence-corrected chi connectivity index (χ2v) is 7.40. The van der Waals surface area contributed by atoms with E-state index in [1.807, 2.05) is 0 Å². The highest BCUT2D eigenvalue weighted by Gasteiger charge is 2.43. The first-order valence-corrected chi connectivity index (χ1v) is 8.48. The van der Waals surface area contributed by atoms with Crippen LogP contribution in [0.5, 0.6) is 0 Å². The highest BCUT2D eigenvalue weighted by Crippen LogP contribution is 2.38. The van der Waals surface area contributed by atoms with Crippen LogP contribution in [-0.2, 0) is 21.0 Å². The Morgan fingerprint density at radius 3 is 2.52 bits per heavy atom. The van der Waals surface area contributed by atoms with Crippen LogP contribution in [0.2, 0.25) is 5.02 Å². The molecule has 0 aromatic heterocycles. The minimum absolute atomic E-state index is 0.0590. The van der Waals surface area contributed by atoms with Gasteiger partial charge < -0.3 is 5.11 Å². The van der Waals surface area contributed by atoms with Gasteiger partial charge in [-0.2, -0.15) is 17.5 Å². The molecule has 1 unspecified atom stereocenters. The molecule has 1 N–H and O–H groups in total. The van der Waals surface area contributed by atoms with Gasteiger partial charge >= 0.3 is 12.1 Å². The van der Waals surface area contributed by atoms with Crippen LogP contribution >= 0.6 is 11.6 Å². The Morgan fingerprint density at radius 2 is 1.96 bits per heavy atom. The summed E-state index contributed by atoms with van der Waals surface area (Å²) in [6.45, 7) is -0.140. The number of alkyl halides is 3. The van der Waals surface area contributed by atoms with E-state index in [0.717, 1.165) is 12.1 Å². The summed E-state index contributed by atoms with van der Waals surface area (Å²) >= 11 is 5.54. The van der Waals surface area contributed by atoms with E-state index in [1.165, 1.54) is 0 Å². The first-order chi connectivity index (χ1) is 10.5. The van der Waals surface area contributed by atoms with E-state index in [-0.39, 0.29) is 18.0 Å². The van der Waals surface area contributed by atoms with Crippen molar-refractivity contribution in [3.05, 3.63) is 28.8 Å². The average molecular weight is 372 g/mol. The van der Waals surface area contributed by atoms with Gasteiger partial charge in [0.2, 0.25) is 10.0 Å². The van der Waals surface area contributed by atoms with E-state index in [1.54, 1.807) is 0 Å². The molecule has 1 fully saturated rings. The number of carbonyl (C=O) groups is 1. The summed E-state index contributed by atoms with van der Waals surface area (Å²) in [6.07, 6.45) is -3.99. The summed E-state index contributed by atoms with van der Waals surface area (Å²) in [7, 11) is -4.61. The number of carboxylic acids is 1. The van der Waals surface area contributed by atoms with Crippen molar-refractivity contribution in [1.82, 2.24) is 4.31 Å². The third kappa shape index (κ3) is 3.61. The van der Waals surface area contributed by atoms with Crippen molar-refractivity contribution in [2.75, 3.05) is 6.54 Å². The van der Waals surface area contributed by atoms with Crippen LogP contribution in [-0.4, -0.2) is 36.4 Å². The van der Waals surface area contributed by atoms with Gasteiger partial charge in [-0.05, 0) is 37.5 Å². The lowest BCUT2D eigenvalue weighted by Gasteiger charge is -2.32. The highest BCUT2D eigenvalue weighted by atomic mass is 35.5. The van der Waals surface area contributed by atoms with Crippen molar-refractivity contribution in [2.45, 2.75) is 36.4 Å². The normalized spacial score (nSPS) is 20.4. The molecule has 128 valence electrons. The zero-order valence-electron chi connectivity index (χ0n) is 11.7. The van der Waals surface area contributed by atoms with Crippen molar-refractivity contribution in [1.29, 1.82) is 0 Å². The Morgan fingerprint density at radius 1 is 1.30 bits per heavy atom. The second kappa shape index (κ2) is 6.29. The minimum Gasteiger partial charge on any atom is -0.480 e. The molecular formula is C13H13ClF3NO4S. The molecule has 0 radical (unpaired) electrons. The lowest BCUT2D eigenvalue weighted by molar-refractivity contribution is -0.142. The van der Waals surface area contributed by atoms with Gasteiger partial charge in [0.15, 0.2) is 0 Å². The molecule has 2 rings (SSSR count). The molecule has 23 heavy (non-hydrogen) atoms. The number of halogens is 4. The van der Waals surface area contributed by atoms with Gasteiger partial charge in [-0.3, -0.25) is 4.79 Å². The highest BCUT2D eigenvalue weighted by molar-refractivity contribution is 7.89. The van der Waals surface area contributed by atoms with E-state index in [2.05, 4.69) is 0 Å². The Bertz CT molecular complexity index is 720. The topological polar surface area (TPSA) is 74.7 Å². The van der Waals surface area contributed by atoms with Gasteiger partial charge in [-0.25, -0.2) is 8.42 Å². The summed E-state index contributed by atoms with van der Waals surface area (Å²) in [5, 5.41) is 8.88. The quantitative estimate of drug-likeness (QED) is 0.886. The smallest absolute Gasteiger partial charge is 0.417 e. The molecule has 0 bridgehead atoms. The number of hydrogen-bond donors (Lipinski definition) is 1. The summed E-state index contributed by atoms with van der Waals surface area (Å²) in [6, 6.07) is 0.941. The van der Waals surface area contributed by atoms with Crippen molar-refractivity contribution in [3.8, 4) is 0 Å². The van der Waals surface area contributed by atoms with Gasteiger partial charge in [-0.15, -0.1) is 0 Å². The van der Waals surface area contributed by atoms with Gasteiger partial charge in [0.1, 0.15) is 6.04 Å². The number of sulfonamides is 1. The number of piperidine rings is 1. The number of aliphatic carboxylic acids is 1. The van der Waals surface area contributed by atoms with E-state index in [4.69, 9.17) is 16.7 Å². The summed E-state index contributed by atoms with van der Waals surface area (Å²) in [4.78, 5) is 10.2. The summed E-state index contributed by atoms with van der Waals surface area (Å²) < 4.78 is 65.2. The largest absolute Gasteiger partial charge is 0.480 e. The molecular weight excluding hydrogens is 359 g/mol. The lowest BCUT2D eigenvalue weighted by Crippen LogP contribution is -2.48. The lowest BCUT2D eigenvalue weighted by atomic mass is 10.1. The fourth-order valence-corrected chi connectivity index (χ4v) is 4.53. The molecule has 0 aliphatic carbocycles. The van der Waals surface area contributed by atoms with Crippen LogP contribution in [0.25, 0.3) is 0 Å². The Kier molecular flexibility index (Phi) is 4.93. The third-order valence-corrected chi connectivity index (χ3v) is 5.77. The van der Waals surface area contributed by atoms with Crippen LogP contribution in [0.15, 0.2) is 23.1 Å². The van der Waals surface area contributed by atoms with E-state index in [0.29, 0.717) is 23.2 Å². The maximum atomic E-state index is 13.1. The minimum atomic E-state index is -4.93. The molecule has 0 spiro atoms. The zero-order valence-corrected chi connectivity index (χ0v) is 13.2. The van der Waals surface area contributed by atoms with E-state index >= 15 is 0 Å². The predicted molar refractivity (Wildman–Crippen MR) is 75.6 cm³/mol. The maximum absolute atomic E-state index is 13.1. The molecule has 0 amide bonds. The van der Waals surface area contributed by atoms with Crippen molar-refractivity contribution in [3.63, 3.8) is 0 Å². The number of benzene rings is 1. The fourth-order valence-electron chi connectivity index (χ4n) is 2.51. The average Bonchev–Trinajstić information content (AvgIpc) is 2.46. The number of nitrogens with zero attached hydrogens (tertiary/aromatic N) is 1. The van der Waals surface area contributed by atoms with Crippen LogP contribution in [0, 0.1) is 0 Å². The zero-order chi connectivity index (χ0) is 17.4. The van der Waals surface area contributed by atoms with Crippen molar-refractivity contribution in [2.24, 2.45) is 0 Å². The van der Waals surface area contributed by atoms with Gasteiger partial charge in [0, 0.05) is 11.6 Å². The van der Waals surface area contributed by atoms with Crippen LogP contribution < -0.4 is 0 Å². The van der Waals surface area contributed by atoms with Crippen molar-refractivity contribution < 1.29 is 31.5 Å². The van der Waals surface area contributed by atoms with Crippen LogP contribution in [0.1, 0.15) is 24.8 Å². The van der Waals surface area contributed by atoms with E-state index < -0.39 is 38.7 Å².